The van der Waals surface area contributed by atoms with Gasteiger partial charge < -0.3 is 15.7 Å². The van der Waals surface area contributed by atoms with Crippen LogP contribution >= 0.6 is 0 Å². The Morgan fingerprint density at radius 3 is 2.37 bits per heavy atom. The number of aliphatic hydroxyl groups excluding tert-OH is 1. The molecule has 1 heterocycles. The average molecular weight is 420 g/mol. The molecule has 0 spiro atoms. The highest BCUT2D eigenvalue weighted by Gasteiger charge is 2.21. The van der Waals surface area contributed by atoms with Gasteiger partial charge in [0.25, 0.3) is 0 Å². The molecule has 2 rings (SSSR count). The predicted octanol–water partition coefficient (Wildman–Crippen LogP) is 3.15. The summed E-state index contributed by atoms with van der Waals surface area (Å²) in [7, 11) is 0. The number of pyridine rings is 1. The van der Waals surface area contributed by atoms with E-state index in [4.69, 9.17) is 0 Å². The lowest BCUT2D eigenvalue weighted by Gasteiger charge is -2.24. The highest BCUT2D eigenvalue weighted by molar-refractivity contribution is 5.73. The van der Waals surface area contributed by atoms with Gasteiger partial charge in [0.05, 0.1) is 17.8 Å². The van der Waals surface area contributed by atoms with Gasteiger partial charge in [-0.05, 0) is 48.1 Å². The normalized spacial score (nSPS) is 13.7. The summed E-state index contributed by atoms with van der Waals surface area (Å²) in [4.78, 5) is 16.2. The first-order valence-corrected chi connectivity index (χ1v) is 10.1. The lowest BCUT2D eigenvalue weighted by Crippen LogP contribution is -2.48. The summed E-state index contributed by atoms with van der Waals surface area (Å²) < 4.78 is 26.9. The van der Waals surface area contributed by atoms with Gasteiger partial charge in [-0.15, -0.1) is 0 Å². The van der Waals surface area contributed by atoms with Crippen molar-refractivity contribution in [3.63, 3.8) is 0 Å². The van der Waals surface area contributed by atoms with E-state index < -0.39 is 23.8 Å². The quantitative estimate of drug-likeness (QED) is 0.584. The molecule has 1 amide bonds. The van der Waals surface area contributed by atoms with E-state index in [1.165, 1.54) is 19.1 Å². The second kappa shape index (κ2) is 10.6. The Bertz CT molecular complexity index is 832. The molecule has 0 bridgehead atoms. The van der Waals surface area contributed by atoms with Crippen LogP contribution in [-0.2, 0) is 24.2 Å². The lowest BCUT2D eigenvalue weighted by molar-refractivity contribution is -0.120. The molecule has 0 aliphatic rings. The van der Waals surface area contributed by atoms with E-state index >= 15 is 0 Å². The standard InChI is InChI=1S/C23H31F2N3O2/c1-15(29)27-21(10-16-8-17(24)11-18(25)9-16)22(30)14-26-13-20-7-5-6-19(28-20)12-23(2,3)4/h5-9,11,21-22,26,30H,10,12-14H2,1-4H3,(H,27,29). The number of halogens is 2. The first kappa shape index (κ1) is 23.9. The zero-order valence-electron chi connectivity index (χ0n) is 18.0. The van der Waals surface area contributed by atoms with Crippen LogP contribution in [0.5, 0.6) is 0 Å². The number of hydrogen-bond acceptors (Lipinski definition) is 4. The summed E-state index contributed by atoms with van der Waals surface area (Å²) in [6, 6.07) is 8.36. The molecule has 2 unspecified atom stereocenters. The van der Waals surface area contributed by atoms with Gasteiger partial charge >= 0.3 is 0 Å². The van der Waals surface area contributed by atoms with Crippen LogP contribution in [0.3, 0.4) is 0 Å². The van der Waals surface area contributed by atoms with Crippen LogP contribution in [0.15, 0.2) is 36.4 Å². The molecule has 5 nitrogen and oxygen atoms in total. The molecule has 7 heteroatoms. The van der Waals surface area contributed by atoms with Crippen molar-refractivity contribution in [2.24, 2.45) is 5.41 Å². The van der Waals surface area contributed by atoms with Gasteiger partial charge in [-0.25, -0.2) is 8.78 Å². The summed E-state index contributed by atoms with van der Waals surface area (Å²) in [5, 5.41) is 16.4. The fraction of sp³-hybridized carbons (Fsp3) is 0.478. The van der Waals surface area contributed by atoms with E-state index in [0.29, 0.717) is 12.1 Å². The topological polar surface area (TPSA) is 74.2 Å². The van der Waals surface area contributed by atoms with E-state index in [-0.39, 0.29) is 24.3 Å². The molecule has 1 aromatic heterocycles. The van der Waals surface area contributed by atoms with Crippen molar-refractivity contribution in [2.45, 2.75) is 59.2 Å². The third kappa shape index (κ3) is 8.55. The van der Waals surface area contributed by atoms with E-state index in [0.717, 1.165) is 23.9 Å². The largest absolute Gasteiger partial charge is 0.390 e. The van der Waals surface area contributed by atoms with Crippen LogP contribution in [0.25, 0.3) is 0 Å². The SMILES string of the molecule is CC(=O)NC(Cc1cc(F)cc(F)c1)C(O)CNCc1cccc(CC(C)(C)C)n1. The number of rotatable bonds is 9. The Balaban J connectivity index is 1.96. The number of nitrogens with zero attached hydrogens (tertiary/aromatic N) is 1. The molecule has 3 N–H and O–H groups in total. The molecule has 0 saturated heterocycles. The Hall–Kier alpha value is -2.38. The smallest absolute Gasteiger partial charge is 0.217 e. The maximum Gasteiger partial charge on any atom is 0.217 e. The molecular weight excluding hydrogens is 388 g/mol. The van der Waals surface area contributed by atoms with E-state index in [1.54, 1.807) is 0 Å². The minimum Gasteiger partial charge on any atom is -0.390 e. The molecule has 0 radical (unpaired) electrons. The van der Waals surface area contributed by atoms with Crippen molar-refractivity contribution in [1.29, 1.82) is 0 Å². The molecule has 2 aromatic rings. The Kier molecular flexibility index (Phi) is 8.43. The molecule has 2 atom stereocenters. The maximum atomic E-state index is 13.5. The minimum atomic E-state index is -0.946. The molecule has 0 aliphatic carbocycles. The van der Waals surface area contributed by atoms with Gasteiger partial charge in [0.1, 0.15) is 11.6 Å². The summed E-state index contributed by atoms with van der Waals surface area (Å²) in [5.41, 5.74) is 2.36. The van der Waals surface area contributed by atoms with E-state index in [9.17, 15) is 18.7 Å². The van der Waals surface area contributed by atoms with Crippen molar-refractivity contribution in [1.82, 2.24) is 15.6 Å². The number of aliphatic hydroxyl groups is 1. The van der Waals surface area contributed by atoms with Crippen LogP contribution in [0.2, 0.25) is 0 Å². The van der Waals surface area contributed by atoms with Gasteiger partial charge in [-0.2, -0.15) is 0 Å². The van der Waals surface area contributed by atoms with Crippen molar-refractivity contribution in [3.05, 3.63) is 65.0 Å². The number of amides is 1. The fourth-order valence-corrected chi connectivity index (χ4v) is 3.29. The van der Waals surface area contributed by atoms with Gasteiger partial charge in [0.2, 0.25) is 5.91 Å². The monoisotopic (exact) mass is 419 g/mol. The van der Waals surface area contributed by atoms with Gasteiger partial charge in [-0.3, -0.25) is 9.78 Å². The summed E-state index contributed by atoms with van der Waals surface area (Å²) in [6.45, 7) is 8.45. The minimum absolute atomic E-state index is 0.108. The lowest BCUT2D eigenvalue weighted by atomic mass is 9.90. The molecule has 0 fully saturated rings. The van der Waals surface area contributed by atoms with Crippen molar-refractivity contribution >= 4 is 5.91 Å². The van der Waals surface area contributed by atoms with Gasteiger partial charge in [0, 0.05) is 31.8 Å². The Labute approximate surface area is 176 Å². The first-order valence-electron chi connectivity index (χ1n) is 10.1. The summed E-state index contributed by atoms with van der Waals surface area (Å²) in [6.07, 6.45) is 0.0206. The van der Waals surface area contributed by atoms with Crippen molar-refractivity contribution in [3.8, 4) is 0 Å². The molecule has 0 saturated carbocycles. The van der Waals surface area contributed by atoms with E-state index in [2.05, 4.69) is 36.4 Å². The number of carbonyl (C=O) groups is 1. The van der Waals surface area contributed by atoms with Gasteiger partial charge in [-0.1, -0.05) is 26.8 Å². The number of benzene rings is 1. The van der Waals surface area contributed by atoms with Crippen LogP contribution in [-0.4, -0.2) is 34.7 Å². The van der Waals surface area contributed by atoms with E-state index in [1.807, 2.05) is 18.2 Å². The van der Waals surface area contributed by atoms with Crippen LogP contribution in [0, 0.1) is 17.0 Å². The molecule has 164 valence electrons. The second-order valence-corrected chi connectivity index (χ2v) is 8.84. The molecule has 0 aliphatic heterocycles. The second-order valence-electron chi connectivity index (χ2n) is 8.84. The summed E-state index contributed by atoms with van der Waals surface area (Å²) >= 11 is 0. The van der Waals surface area contributed by atoms with Gasteiger partial charge in [0.15, 0.2) is 0 Å². The average Bonchev–Trinajstić information content (AvgIpc) is 2.58. The molecule has 1 aromatic carbocycles. The number of carbonyl (C=O) groups excluding carboxylic acids is 1. The van der Waals surface area contributed by atoms with Crippen molar-refractivity contribution < 1.29 is 18.7 Å². The summed E-state index contributed by atoms with van der Waals surface area (Å²) in [5.74, 6) is -1.71. The highest BCUT2D eigenvalue weighted by Crippen LogP contribution is 2.19. The number of nitrogens with one attached hydrogen (secondary N) is 2. The number of hydrogen-bond donors (Lipinski definition) is 3. The molecule has 30 heavy (non-hydrogen) atoms. The van der Waals surface area contributed by atoms with Crippen molar-refractivity contribution in [2.75, 3.05) is 6.54 Å². The fourth-order valence-electron chi connectivity index (χ4n) is 3.29. The predicted molar refractivity (Wildman–Crippen MR) is 113 cm³/mol. The first-order chi connectivity index (χ1) is 14.0. The maximum absolute atomic E-state index is 13.5. The molecular formula is C23H31F2N3O2. The Morgan fingerprint density at radius 2 is 1.77 bits per heavy atom. The van der Waals surface area contributed by atoms with Crippen LogP contribution in [0.4, 0.5) is 8.78 Å². The van der Waals surface area contributed by atoms with Crippen LogP contribution in [0.1, 0.15) is 44.6 Å². The third-order valence-electron chi connectivity index (χ3n) is 4.47. The zero-order chi connectivity index (χ0) is 22.3. The Morgan fingerprint density at radius 1 is 1.13 bits per heavy atom. The number of aromatic nitrogens is 1. The zero-order valence-corrected chi connectivity index (χ0v) is 18.0. The highest BCUT2D eigenvalue weighted by atomic mass is 19.1. The third-order valence-corrected chi connectivity index (χ3v) is 4.47. The van der Waals surface area contributed by atoms with Crippen LogP contribution < -0.4 is 10.6 Å².